The van der Waals surface area contributed by atoms with E-state index in [2.05, 4.69) is 18.0 Å². The quantitative estimate of drug-likeness (QED) is 0.729. The fraction of sp³-hybridized carbons (Fsp3) is 0.133. The van der Waals surface area contributed by atoms with Gasteiger partial charge in [-0.2, -0.15) is 0 Å². The second-order valence-electron chi connectivity index (χ2n) is 4.60. The van der Waals surface area contributed by atoms with Crippen LogP contribution in [0.1, 0.15) is 5.56 Å². The van der Waals surface area contributed by atoms with Crippen LogP contribution in [-0.4, -0.2) is 14.7 Å². The summed E-state index contributed by atoms with van der Waals surface area (Å²) in [7, 11) is 1.98. The van der Waals surface area contributed by atoms with Crippen molar-refractivity contribution in [1.29, 1.82) is 0 Å². The van der Waals surface area contributed by atoms with Gasteiger partial charge in [-0.25, -0.2) is 4.98 Å². The minimum absolute atomic E-state index is 0.0837. The summed E-state index contributed by atoms with van der Waals surface area (Å²) in [5.41, 5.74) is 4.15. The molecule has 96 valence electrons. The lowest BCUT2D eigenvalue weighted by molar-refractivity contribution is 0.475. The van der Waals surface area contributed by atoms with Crippen molar-refractivity contribution >= 4 is 22.6 Å². The number of aryl methyl sites for hydroxylation is 2. The van der Waals surface area contributed by atoms with Crippen LogP contribution < -0.4 is 0 Å². The van der Waals surface area contributed by atoms with Crippen molar-refractivity contribution < 1.29 is 5.11 Å². The Morgan fingerprint density at radius 2 is 2.00 bits per heavy atom. The van der Waals surface area contributed by atoms with Crippen LogP contribution in [0.3, 0.4) is 0 Å². The molecule has 1 aromatic heterocycles. The molecule has 0 saturated heterocycles. The number of phenolic OH excluding ortho intramolecular Hbond substituents is 1. The zero-order valence-electron chi connectivity index (χ0n) is 10.7. The third-order valence-electron chi connectivity index (χ3n) is 3.30. The van der Waals surface area contributed by atoms with E-state index in [0.29, 0.717) is 5.02 Å². The molecule has 1 heterocycles. The van der Waals surface area contributed by atoms with Crippen LogP contribution in [0.25, 0.3) is 22.4 Å². The molecule has 0 radical (unpaired) electrons. The van der Waals surface area contributed by atoms with Crippen LogP contribution in [-0.2, 0) is 7.05 Å². The zero-order valence-corrected chi connectivity index (χ0v) is 11.4. The highest BCUT2D eigenvalue weighted by Crippen LogP contribution is 2.31. The summed E-state index contributed by atoms with van der Waals surface area (Å²) in [4.78, 5) is 4.64. The maximum atomic E-state index is 9.48. The Labute approximate surface area is 116 Å². The standard InChI is InChI=1S/C15H13ClN2O/c1-9-4-3-5-12-14(9)18(2)15(17-12)10-6-7-13(19)11(16)8-10/h3-8,19H,1-2H3. The molecule has 1 N–H and O–H groups in total. The molecule has 3 rings (SSSR count). The fourth-order valence-electron chi connectivity index (χ4n) is 2.37. The summed E-state index contributed by atoms with van der Waals surface area (Å²) in [6, 6.07) is 11.2. The smallest absolute Gasteiger partial charge is 0.140 e. The van der Waals surface area contributed by atoms with E-state index in [1.807, 2.05) is 29.8 Å². The Bertz CT molecular complexity index is 777. The topological polar surface area (TPSA) is 38.1 Å². The van der Waals surface area contributed by atoms with Crippen molar-refractivity contribution in [3.8, 4) is 17.1 Å². The Hall–Kier alpha value is -2.00. The molecule has 0 aliphatic heterocycles. The molecule has 2 aromatic carbocycles. The summed E-state index contributed by atoms with van der Waals surface area (Å²) in [5, 5.41) is 9.82. The van der Waals surface area contributed by atoms with Crippen molar-refractivity contribution in [2.45, 2.75) is 6.92 Å². The summed E-state index contributed by atoms with van der Waals surface area (Å²) in [6.45, 7) is 2.07. The summed E-state index contributed by atoms with van der Waals surface area (Å²) in [6.07, 6.45) is 0. The maximum absolute atomic E-state index is 9.48. The molecule has 0 aliphatic rings. The number of aromatic hydroxyl groups is 1. The third kappa shape index (κ3) is 1.87. The largest absolute Gasteiger partial charge is 0.506 e. The first-order valence-corrected chi connectivity index (χ1v) is 6.36. The van der Waals surface area contributed by atoms with Gasteiger partial charge in [-0.1, -0.05) is 23.7 Å². The fourth-order valence-corrected chi connectivity index (χ4v) is 2.55. The van der Waals surface area contributed by atoms with Crippen LogP contribution in [0, 0.1) is 6.92 Å². The number of para-hydroxylation sites is 1. The van der Waals surface area contributed by atoms with Gasteiger partial charge >= 0.3 is 0 Å². The molecule has 0 atom stereocenters. The molecule has 3 nitrogen and oxygen atoms in total. The highest BCUT2D eigenvalue weighted by atomic mass is 35.5. The molecular formula is C15H13ClN2O. The molecule has 0 amide bonds. The first-order chi connectivity index (χ1) is 9.08. The highest BCUT2D eigenvalue weighted by Gasteiger charge is 2.12. The number of aromatic nitrogens is 2. The van der Waals surface area contributed by atoms with Gasteiger partial charge in [0.2, 0.25) is 0 Å². The van der Waals surface area contributed by atoms with Crippen LogP contribution in [0.5, 0.6) is 5.75 Å². The van der Waals surface area contributed by atoms with E-state index < -0.39 is 0 Å². The van der Waals surface area contributed by atoms with Crippen molar-refractivity contribution in [3.05, 3.63) is 47.0 Å². The van der Waals surface area contributed by atoms with Crippen LogP contribution in [0.15, 0.2) is 36.4 Å². The Morgan fingerprint density at radius 3 is 2.68 bits per heavy atom. The summed E-state index contributed by atoms with van der Waals surface area (Å²) >= 11 is 5.96. The third-order valence-corrected chi connectivity index (χ3v) is 3.60. The second-order valence-corrected chi connectivity index (χ2v) is 5.01. The number of hydrogen-bond donors (Lipinski definition) is 1. The van der Waals surface area contributed by atoms with Crippen molar-refractivity contribution in [1.82, 2.24) is 9.55 Å². The Kier molecular flexibility index (Phi) is 2.72. The van der Waals surface area contributed by atoms with Crippen LogP contribution in [0.2, 0.25) is 5.02 Å². The number of halogens is 1. The molecule has 0 bridgehead atoms. The first kappa shape index (κ1) is 12.1. The number of fused-ring (bicyclic) bond motifs is 1. The number of benzene rings is 2. The molecule has 3 aromatic rings. The minimum atomic E-state index is 0.0837. The van der Waals surface area contributed by atoms with E-state index in [-0.39, 0.29) is 5.75 Å². The minimum Gasteiger partial charge on any atom is -0.506 e. The summed E-state index contributed by atoms with van der Waals surface area (Å²) < 4.78 is 2.05. The van der Waals surface area contributed by atoms with Gasteiger partial charge in [0, 0.05) is 12.6 Å². The Morgan fingerprint density at radius 1 is 1.21 bits per heavy atom. The predicted molar refractivity (Wildman–Crippen MR) is 77.6 cm³/mol. The molecule has 0 spiro atoms. The second kappa shape index (κ2) is 4.28. The van der Waals surface area contributed by atoms with E-state index in [0.717, 1.165) is 22.4 Å². The highest BCUT2D eigenvalue weighted by molar-refractivity contribution is 6.32. The van der Waals surface area contributed by atoms with E-state index in [1.54, 1.807) is 12.1 Å². The Balaban J connectivity index is 2.28. The lowest BCUT2D eigenvalue weighted by Crippen LogP contribution is -1.93. The zero-order chi connectivity index (χ0) is 13.6. The maximum Gasteiger partial charge on any atom is 0.140 e. The number of rotatable bonds is 1. The van der Waals surface area contributed by atoms with Gasteiger partial charge in [-0.3, -0.25) is 0 Å². The number of nitrogens with zero attached hydrogens (tertiary/aromatic N) is 2. The molecular weight excluding hydrogens is 260 g/mol. The molecule has 4 heteroatoms. The first-order valence-electron chi connectivity index (χ1n) is 5.99. The van der Waals surface area contributed by atoms with Gasteiger partial charge in [0.1, 0.15) is 11.6 Å². The van der Waals surface area contributed by atoms with Crippen molar-refractivity contribution in [3.63, 3.8) is 0 Å². The van der Waals surface area contributed by atoms with Gasteiger partial charge in [0.05, 0.1) is 16.1 Å². The lowest BCUT2D eigenvalue weighted by atomic mass is 10.2. The summed E-state index contributed by atoms with van der Waals surface area (Å²) in [5.74, 6) is 0.923. The van der Waals surface area contributed by atoms with E-state index in [4.69, 9.17) is 11.6 Å². The monoisotopic (exact) mass is 272 g/mol. The van der Waals surface area contributed by atoms with Crippen LogP contribution >= 0.6 is 11.6 Å². The number of hydrogen-bond acceptors (Lipinski definition) is 2. The molecule has 0 saturated carbocycles. The molecule has 0 fully saturated rings. The molecule has 19 heavy (non-hydrogen) atoms. The lowest BCUT2D eigenvalue weighted by Gasteiger charge is -2.05. The van der Waals surface area contributed by atoms with Gasteiger partial charge in [0.25, 0.3) is 0 Å². The SMILES string of the molecule is Cc1cccc2nc(-c3ccc(O)c(Cl)c3)n(C)c12. The van der Waals surface area contributed by atoms with E-state index in [1.165, 1.54) is 5.56 Å². The van der Waals surface area contributed by atoms with Crippen LogP contribution in [0.4, 0.5) is 0 Å². The van der Waals surface area contributed by atoms with Crippen molar-refractivity contribution in [2.75, 3.05) is 0 Å². The average Bonchev–Trinajstić information content (AvgIpc) is 2.72. The van der Waals surface area contributed by atoms with Gasteiger partial charge in [0.15, 0.2) is 0 Å². The van der Waals surface area contributed by atoms with Gasteiger partial charge < -0.3 is 9.67 Å². The number of imidazole rings is 1. The normalized spacial score (nSPS) is 11.1. The predicted octanol–water partition coefficient (Wildman–Crippen LogP) is 3.91. The molecule has 0 aliphatic carbocycles. The van der Waals surface area contributed by atoms with E-state index >= 15 is 0 Å². The van der Waals surface area contributed by atoms with E-state index in [9.17, 15) is 5.11 Å². The number of phenols is 1. The average molecular weight is 273 g/mol. The van der Waals surface area contributed by atoms with Crippen molar-refractivity contribution in [2.24, 2.45) is 7.05 Å². The molecule has 0 unspecified atom stereocenters. The van der Waals surface area contributed by atoms with Gasteiger partial charge in [-0.15, -0.1) is 0 Å². The van der Waals surface area contributed by atoms with Gasteiger partial charge in [-0.05, 0) is 36.8 Å².